The van der Waals surface area contributed by atoms with Crippen molar-refractivity contribution in [3.63, 3.8) is 0 Å². The van der Waals surface area contributed by atoms with E-state index in [4.69, 9.17) is 45.0 Å². The number of esters is 5. The van der Waals surface area contributed by atoms with E-state index in [9.17, 15) is 29.2 Å². The van der Waals surface area contributed by atoms with Crippen LogP contribution in [-0.4, -0.2) is 68.1 Å². The van der Waals surface area contributed by atoms with Gasteiger partial charge in [0.05, 0.1) is 68.7 Å². The standard InChI is InChI=1S/C52H42N2O14S2/c1-4-45(55)63-29-6-5-28-62-39-19-13-36(14-20-39)49(57)66-41-23-17-38(18-24-41)51(59)68-44-26-25-43(46-47(44)70-52(69-46)42(32-53)54-3)67-50(58)37-15-21-40(22-16-37)65-48(56)35-11-9-34(10-12-35)33(2)8-7-27-61-30-31-64-60/h4,9-26,60H,1-2,5-8,27-31H2/b52-42+. The molecule has 70 heavy (non-hydrogen) atoms. The molecule has 0 radical (unpaired) electrons. The van der Waals surface area contributed by atoms with Gasteiger partial charge in [-0.1, -0.05) is 48.8 Å². The van der Waals surface area contributed by atoms with Gasteiger partial charge in [-0.3, -0.25) is 5.26 Å². The zero-order valence-electron chi connectivity index (χ0n) is 37.2. The number of nitrogens with zero attached hydrogens (tertiary/aromatic N) is 2. The van der Waals surface area contributed by atoms with Gasteiger partial charge in [-0.05, 0) is 134 Å². The lowest BCUT2D eigenvalue weighted by molar-refractivity contribution is -0.249. The van der Waals surface area contributed by atoms with E-state index < -0.39 is 29.8 Å². The molecule has 6 rings (SSSR count). The number of unbranched alkanes of at least 4 members (excludes halogenated alkanes) is 1. The van der Waals surface area contributed by atoms with Gasteiger partial charge in [0.25, 0.3) is 5.70 Å². The molecule has 0 aromatic heterocycles. The second-order valence-corrected chi connectivity index (χ2v) is 16.9. The second kappa shape index (κ2) is 26.0. The summed E-state index contributed by atoms with van der Waals surface area (Å²) in [6, 6.07) is 29.3. The quantitative estimate of drug-likeness (QED) is 0.00943. The molecular formula is C52H42N2O14S2. The Hall–Kier alpha value is -7.97. The van der Waals surface area contributed by atoms with Crippen molar-refractivity contribution in [3.05, 3.63) is 178 Å². The number of fused-ring (bicyclic) bond motifs is 1. The highest BCUT2D eigenvalue weighted by atomic mass is 32.2. The number of allylic oxidation sites excluding steroid dienone is 2. The number of ether oxygens (including phenoxy) is 7. The van der Waals surface area contributed by atoms with E-state index in [1.807, 2.05) is 6.07 Å². The van der Waals surface area contributed by atoms with Crippen LogP contribution in [0.25, 0.3) is 10.4 Å². The van der Waals surface area contributed by atoms with Crippen LogP contribution < -0.4 is 23.7 Å². The summed E-state index contributed by atoms with van der Waals surface area (Å²) in [4.78, 5) is 71.6. The van der Waals surface area contributed by atoms with E-state index in [-0.39, 0.29) is 65.2 Å². The summed E-state index contributed by atoms with van der Waals surface area (Å²) in [5.41, 5.74) is 2.32. The van der Waals surface area contributed by atoms with Gasteiger partial charge in [0.2, 0.25) is 0 Å². The van der Waals surface area contributed by atoms with Crippen molar-refractivity contribution >= 4 is 58.9 Å². The molecule has 0 spiro atoms. The molecule has 0 unspecified atom stereocenters. The van der Waals surface area contributed by atoms with Crippen molar-refractivity contribution in [2.24, 2.45) is 0 Å². The first-order valence-electron chi connectivity index (χ1n) is 21.3. The van der Waals surface area contributed by atoms with Crippen LogP contribution in [0.4, 0.5) is 0 Å². The van der Waals surface area contributed by atoms with E-state index in [2.05, 4.69) is 22.9 Å². The molecule has 5 aromatic carbocycles. The lowest BCUT2D eigenvalue weighted by atomic mass is 10.0. The normalized spacial score (nSPS) is 12.0. The summed E-state index contributed by atoms with van der Waals surface area (Å²) in [6.45, 7) is 16.4. The van der Waals surface area contributed by atoms with Crippen LogP contribution in [0.3, 0.4) is 0 Å². The highest BCUT2D eigenvalue weighted by Crippen LogP contribution is 2.59. The lowest BCUT2D eigenvalue weighted by Gasteiger charge is -2.12. The maximum absolute atomic E-state index is 13.4. The molecule has 1 N–H and O–H groups in total. The van der Waals surface area contributed by atoms with Gasteiger partial charge in [-0.15, -0.1) is 0 Å². The molecule has 0 amide bonds. The van der Waals surface area contributed by atoms with Crippen molar-refractivity contribution in [2.45, 2.75) is 35.5 Å². The Balaban J connectivity index is 1.03. The molecule has 18 heteroatoms. The number of thioether (sulfide) groups is 2. The average molecular weight is 983 g/mol. The number of rotatable bonds is 23. The molecule has 5 aromatic rings. The number of carbonyl (C=O) groups is 5. The van der Waals surface area contributed by atoms with Crippen LogP contribution in [0.1, 0.15) is 72.7 Å². The third-order valence-electron chi connectivity index (χ3n) is 9.77. The molecule has 0 atom stereocenters. The first-order chi connectivity index (χ1) is 34.0. The lowest BCUT2D eigenvalue weighted by Crippen LogP contribution is -2.12. The Morgan fingerprint density at radius 1 is 0.600 bits per heavy atom. The van der Waals surface area contributed by atoms with Crippen molar-refractivity contribution < 1.29 is 67.3 Å². The van der Waals surface area contributed by atoms with Crippen molar-refractivity contribution in [3.8, 4) is 34.8 Å². The Kier molecular flexibility index (Phi) is 19.1. The van der Waals surface area contributed by atoms with Crippen molar-refractivity contribution in [1.82, 2.24) is 0 Å². The fraction of sp³-hybridized carbons (Fsp3) is 0.173. The first kappa shape index (κ1) is 51.4. The zero-order chi connectivity index (χ0) is 49.8. The summed E-state index contributed by atoms with van der Waals surface area (Å²) in [7, 11) is 0. The van der Waals surface area contributed by atoms with Crippen LogP contribution in [0.15, 0.2) is 148 Å². The van der Waals surface area contributed by atoms with Gasteiger partial charge >= 0.3 is 29.8 Å². The third-order valence-corrected chi connectivity index (χ3v) is 12.4. The number of hydrogen-bond acceptors (Lipinski definition) is 17. The summed E-state index contributed by atoms with van der Waals surface area (Å²) in [6.07, 6.45) is 3.75. The highest BCUT2D eigenvalue weighted by molar-refractivity contribution is 8.24. The van der Waals surface area contributed by atoms with Gasteiger partial charge in [0.1, 0.15) is 35.4 Å². The average Bonchev–Trinajstić information content (AvgIpc) is 3.83. The van der Waals surface area contributed by atoms with Gasteiger partial charge in [-0.25, -0.2) is 39.0 Å². The molecule has 0 saturated heterocycles. The number of nitriles is 1. The minimum absolute atomic E-state index is 0.0740. The molecule has 356 valence electrons. The smallest absolute Gasteiger partial charge is 0.343 e. The van der Waals surface area contributed by atoms with Crippen molar-refractivity contribution in [2.75, 3.05) is 33.0 Å². The largest absolute Gasteiger partial charge is 0.494 e. The third kappa shape index (κ3) is 14.5. The maximum Gasteiger partial charge on any atom is 0.343 e. The molecule has 1 heterocycles. The monoisotopic (exact) mass is 982 g/mol. The van der Waals surface area contributed by atoms with Gasteiger partial charge < -0.3 is 33.2 Å². The van der Waals surface area contributed by atoms with Gasteiger partial charge in [0.15, 0.2) is 0 Å². The Morgan fingerprint density at radius 3 is 1.53 bits per heavy atom. The minimum Gasteiger partial charge on any atom is -0.494 e. The van der Waals surface area contributed by atoms with Crippen molar-refractivity contribution in [1.29, 1.82) is 5.26 Å². The van der Waals surface area contributed by atoms with Crippen LogP contribution >= 0.6 is 23.5 Å². The van der Waals surface area contributed by atoms with Crippen LogP contribution in [0.5, 0.6) is 28.7 Å². The first-order valence-corrected chi connectivity index (χ1v) is 22.9. The summed E-state index contributed by atoms with van der Waals surface area (Å²) in [5.74, 6) is -2.23. The molecule has 1 aliphatic heterocycles. The number of hydrogen-bond donors (Lipinski definition) is 1. The Bertz CT molecular complexity index is 2830. The number of carbonyl (C=O) groups excluding carboxylic acids is 5. The topological polar surface area (TPSA) is 208 Å². The zero-order valence-corrected chi connectivity index (χ0v) is 38.8. The minimum atomic E-state index is -0.767. The Morgan fingerprint density at radius 2 is 1.06 bits per heavy atom. The predicted octanol–water partition coefficient (Wildman–Crippen LogP) is 10.6. The Labute approximate surface area is 410 Å². The van der Waals surface area contributed by atoms with Gasteiger partial charge in [-0.2, -0.15) is 0 Å². The van der Waals surface area contributed by atoms with Crippen LogP contribution in [-0.2, 0) is 19.2 Å². The summed E-state index contributed by atoms with van der Waals surface area (Å²) >= 11 is 2.02. The SMILES string of the molecule is [C-]#[N+]/C(C#N)=C1/Sc2c(OC(=O)c3ccc(OC(=O)c4ccc(OCCCCOC(=O)C=C)cc4)cc3)ccc(OC(=O)c3ccc(OC(=O)c4ccc(C(=C)CCCOCCOO)cc4)cc3)c2S1. The molecule has 0 fully saturated rings. The van der Waals surface area contributed by atoms with E-state index in [1.54, 1.807) is 48.5 Å². The van der Waals surface area contributed by atoms with E-state index in [0.717, 1.165) is 40.7 Å². The molecule has 0 saturated carbocycles. The summed E-state index contributed by atoms with van der Waals surface area (Å²) < 4.78 is 38.8. The molecule has 0 aliphatic carbocycles. The maximum atomic E-state index is 13.4. The molecule has 0 bridgehead atoms. The van der Waals surface area contributed by atoms with Crippen LogP contribution in [0, 0.1) is 17.9 Å². The summed E-state index contributed by atoms with van der Waals surface area (Å²) in [5, 5.41) is 18.0. The fourth-order valence-corrected chi connectivity index (χ4v) is 8.62. The molecule has 1 aliphatic rings. The highest BCUT2D eigenvalue weighted by Gasteiger charge is 2.30. The van der Waals surface area contributed by atoms with E-state index in [0.29, 0.717) is 64.2 Å². The molecule has 16 nitrogen and oxygen atoms in total. The van der Waals surface area contributed by atoms with Gasteiger partial charge in [0, 0.05) is 12.7 Å². The molecular weight excluding hydrogens is 941 g/mol. The van der Waals surface area contributed by atoms with Crippen LogP contribution in [0.2, 0.25) is 0 Å². The fourth-order valence-electron chi connectivity index (χ4n) is 6.15. The van der Waals surface area contributed by atoms with E-state index >= 15 is 0 Å². The number of benzene rings is 5. The van der Waals surface area contributed by atoms with E-state index in [1.165, 1.54) is 60.7 Å². The predicted molar refractivity (Wildman–Crippen MR) is 257 cm³/mol. The second-order valence-electron chi connectivity index (χ2n) is 14.6.